The van der Waals surface area contributed by atoms with E-state index in [-0.39, 0.29) is 5.41 Å². The molecule has 1 nitrogen and oxygen atoms in total. The van der Waals surface area contributed by atoms with E-state index in [4.69, 9.17) is 5.73 Å². The molecule has 1 atom stereocenters. The molecule has 0 heterocycles. The molecule has 1 unspecified atom stereocenters. The van der Waals surface area contributed by atoms with E-state index < -0.39 is 0 Å². The molecule has 1 aromatic rings. The summed E-state index contributed by atoms with van der Waals surface area (Å²) in [5, 5.41) is 0. The summed E-state index contributed by atoms with van der Waals surface area (Å²) in [6.45, 7) is 6.75. The lowest BCUT2D eigenvalue weighted by Gasteiger charge is -2.19. The van der Waals surface area contributed by atoms with E-state index >= 15 is 0 Å². The van der Waals surface area contributed by atoms with Crippen LogP contribution in [0.25, 0.3) is 0 Å². The summed E-state index contributed by atoms with van der Waals surface area (Å²) in [6.07, 6.45) is 5.59. The van der Waals surface area contributed by atoms with Gasteiger partial charge in [-0.15, -0.1) is 0 Å². The Labute approximate surface area is 105 Å². The Bertz CT molecular complexity index is 406. The van der Waals surface area contributed by atoms with Crippen LogP contribution in [0.15, 0.2) is 35.9 Å². The Hall–Kier alpha value is -1.08. The fraction of sp³-hybridized carbons (Fsp3) is 0.500. The highest BCUT2D eigenvalue weighted by Gasteiger charge is 2.14. The molecule has 0 fully saturated rings. The van der Waals surface area contributed by atoms with Gasteiger partial charge in [-0.1, -0.05) is 56.7 Å². The van der Waals surface area contributed by atoms with Crippen molar-refractivity contribution in [3.63, 3.8) is 0 Å². The smallest absolute Gasteiger partial charge is 0.0229 e. The van der Waals surface area contributed by atoms with Crippen molar-refractivity contribution < 1.29 is 0 Å². The zero-order valence-corrected chi connectivity index (χ0v) is 11.2. The van der Waals surface area contributed by atoms with Crippen molar-refractivity contribution in [3.8, 4) is 0 Å². The molecule has 0 saturated carbocycles. The van der Waals surface area contributed by atoms with Crippen LogP contribution in [0.4, 0.5) is 0 Å². The number of nitrogens with two attached hydrogens (primary N) is 1. The van der Waals surface area contributed by atoms with Crippen LogP contribution in [0, 0.1) is 0 Å². The average Bonchev–Trinajstić information content (AvgIpc) is 2.63. The maximum absolute atomic E-state index is 5.88. The first-order chi connectivity index (χ1) is 7.95. The van der Waals surface area contributed by atoms with E-state index in [1.54, 1.807) is 0 Å². The molecular weight excluding hydrogens is 206 g/mol. The molecule has 0 aromatic heterocycles. The molecule has 1 aliphatic carbocycles. The first kappa shape index (κ1) is 12.4. The highest BCUT2D eigenvalue weighted by atomic mass is 14.6. The molecule has 0 spiro atoms. The SMILES string of the molecule is CC(C)(C)c1ccc(CC2=CC(N)CC2)cc1. The first-order valence-corrected chi connectivity index (χ1v) is 6.50. The minimum atomic E-state index is 0.244. The van der Waals surface area contributed by atoms with Crippen LogP contribution in [0.3, 0.4) is 0 Å². The van der Waals surface area contributed by atoms with Crippen LogP contribution >= 0.6 is 0 Å². The molecular formula is C16H23N. The molecule has 0 radical (unpaired) electrons. The summed E-state index contributed by atoms with van der Waals surface area (Å²) in [5.41, 5.74) is 10.4. The largest absolute Gasteiger partial charge is 0.324 e. The predicted octanol–water partition coefficient (Wildman–Crippen LogP) is 3.57. The van der Waals surface area contributed by atoms with Gasteiger partial charge in [-0.3, -0.25) is 0 Å². The number of hydrogen-bond acceptors (Lipinski definition) is 1. The maximum Gasteiger partial charge on any atom is 0.0229 e. The van der Waals surface area contributed by atoms with Gasteiger partial charge in [0.15, 0.2) is 0 Å². The number of benzene rings is 1. The summed E-state index contributed by atoms with van der Waals surface area (Å²) >= 11 is 0. The zero-order chi connectivity index (χ0) is 12.5. The zero-order valence-electron chi connectivity index (χ0n) is 11.2. The Morgan fingerprint density at radius 3 is 2.29 bits per heavy atom. The Kier molecular flexibility index (Phi) is 3.39. The van der Waals surface area contributed by atoms with Crippen LogP contribution < -0.4 is 5.73 Å². The second-order valence-electron chi connectivity index (χ2n) is 6.15. The van der Waals surface area contributed by atoms with E-state index in [0.717, 1.165) is 12.8 Å². The summed E-state index contributed by atoms with van der Waals surface area (Å²) in [5.74, 6) is 0. The van der Waals surface area contributed by atoms with Crippen LogP contribution in [0.2, 0.25) is 0 Å². The number of rotatable bonds is 2. The van der Waals surface area contributed by atoms with E-state index in [2.05, 4.69) is 51.1 Å². The lowest BCUT2D eigenvalue weighted by molar-refractivity contribution is 0.590. The van der Waals surface area contributed by atoms with E-state index in [0.29, 0.717) is 6.04 Å². The van der Waals surface area contributed by atoms with Crippen LogP contribution in [0.5, 0.6) is 0 Å². The molecule has 1 aromatic carbocycles. The Balaban J connectivity index is 2.06. The number of allylic oxidation sites excluding steroid dienone is 1. The molecule has 0 saturated heterocycles. The topological polar surface area (TPSA) is 26.0 Å². The predicted molar refractivity (Wildman–Crippen MR) is 74.1 cm³/mol. The fourth-order valence-electron chi connectivity index (χ4n) is 2.35. The third-order valence-corrected chi connectivity index (χ3v) is 3.50. The van der Waals surface area contributed by atoms with Crippen molar-refractivity contribution >= 4 is 0 Å². The molecule has 17 heavy (non-hydrogen) atoms. The van der Waals surface area contributed by atoms with Gasteiger partial charge in [-0.2, -0.15) is 0 Å². The quantitative estimate of drug-likeness (QED) is 0.771. The summed E-state index contributed by atoms with van der Waals surface area (Å²) < 4.78 is 0. The minimum Gasteiger partial charge on any atom is -0.324 e. The molecule has 1 heteroatoms. The van der Waals surface area contributed by atoms with Gasteiger partial charge in [0.2, 0.25) is 0 Å². The lowest BCUT2D eigenvalue weighted by Crippen LogP contribution is -2.11. The second kappa shape index (κ2) is 4.66. The standard InChI is InChI=1S/C16H23N/c1-16(2,3)14-7-4-12(5-8-14)10-13-6-9-15(17)11-13/h4-5,7-8,11,15H,6,9-10,17H2,1-3H3. The van der Waals surface area contributed by atoms with Gasteiger partial charge in [0.25, 0.3) is 0 Å². The van der Waals surface area contributed by atoms with E-state index in [1.165, 1.54) is 23.1 Å². The lowest BCUT2D eigenvalue weighted by atomic mass is 9.86. The number of hydrogen-bond donors (Lipinski definition) is 1. The van der Waals surface area contributed by atoms with Crippen molar-refractivity contribution in [2.24, 2.45) is 5.73 Å². The van der Waals surface area contributed by atoms with Crippen molar-refractivity contribution in [3.05, 3.63) is 47.0 Å². The van der Waals surface area contributed by atoms with E-state index in [1.807, 2.05) is 0 Å². The van der Waals surface area contributed by atoms with Crippen LogP contribution in [-0.4, -0.2) is 6.04 Å². The van der Waals surface area contributed by atoms with Gasteiger partial charge in [0, 0.05) is 6.04 Å². The summed E-state index contributed by atoms with van der Waals surface area (Å²) in [7, 11) is 0. The second-order valence-corrected chi connectivity index (χ2v) is 6.15. The van der Waals surface area contributed by atoms with Gasteiger partial charge in [-0.05, 0) is 35.8 Å². The highest BCUT2D eigenvalue weighted by molar-refractivity contribution is 5.31. The summed E-state index contributed by atoms with van der Waals surface area (Å²) in [4.78, 5) is 0. The van der Waals surface area contributed by atoms with Crippen LogP contribution in [0.1, 0.15) is 44.7 Å². The van der Waals surface area contributed by atoms with Gasteiger partial charge >= 0.3 is 0 Å². The Morgan fingerprint density at radius 2 is 1.82 bits per heavy atom. The van der Waals surface area contributed by atoms with Gasteiger partial charge < -0.3 is 5.73 Å². The minimum absolute atomic E-state index is 0.244. The highest BCUT2D eigenvalue weighted by Crippen LogP contribution is 2.25. The molecule has 1 aliphatic rings. The third kappa shape index (κ3) is 3.19. The molecule has 2 rings (SSSR count). The molecule has 92 valence electrons. The summed E-state index contributed by atoms with van der Waals surface area (Å²) in [6, 6.07) is 9.31. The Morgan fingerprint density at radius 1 is 1.18 bits per heavy atom. The van der Waals surface area contributed by atoms with Gasteiger partial charge in [0.1, 0.15) is 0 Å². The molecule has 0 aliphatic heterocycles. The molecule has 0 bridgehead atoms. The average molecular weight is 229 g/mol. The monoisotopic (exact) mass is 229 g/mol. The van der Waals surface area contributed by atoms with Gasteiger partial charge in [0.05, 0.1) is 0 Å². The molecule has 0 amide bonds. The molecule has 2 N–H and O–H groups in total. The third-order valence-electron chi connectivity index (χ3n) is 3.50. The maximum atomic E-state index is 5.88. The normalized spacial score (nSPS) is 20.5. The van der Waals surface area contributed by atoms with Crippen LogP contribution in [-0.2, 0) is 11.8 Å². The van der Waals surface area contributed by atoms with E-state index in [9.17, 15) is 0 Å². The fourth-order valence-corrected chi connectivity index (χ4v) is 2.35. The first-order valence-electron chi connectivity index (χ1n) is 6.50. The van der Waals surface area contributed by atoms with Gasteiger partial charge in [-0.25, -0.2) is 0 Å². The van der Waals surface area contributed by atoms with Crippen molar-refractivity contribution in [2.75, 3.05) is 0 Å². The van der Waals surface area contributed by atoms with Crippen molar-refractivity contribution in [1.82, 2.24) is 0 Å². The van der Waals surface area contributed by atoms with Crippen molar-refractivity contribution in [1.29, 1.82) is 0 Å². The van der Waals surface area contributed by atoms with Crippen molar-refractivity contribution in [2.45, 2.75) is 51.5 Å².